The minimum absolute atomic E-state index is 0.137. The summed E-state index contributed by atoms with van der Waals surface area (Å²) in [5.74, 6) is 2.05. The van der Waals surface area contributed by atoms with Gasteiger partial charge in [0.25, 0.3) is 0 Å². The van der Waals surface area contributed by atoms with Crippen LogP contribution in [-0.2, 0) is 19.5 Å². The van der Waals surface area contributed by atoms with Crippen molar-refractivity contribution in [2.75, 3.05) is 6.54 Å². The largest absolute Gasteiger partial charge is 0.475 e. The fourth-order valence-electron chi connectivity index (χ4n) is 3.11. The van der Waals surface area contributed by atoms with Gasteiger partial charge in [0.15, 0.2) is 11.6 Å². The molecule has 4 rings (SSSR count). The fourth-order valence-corrected chi connectivity index (χ4v) is 3.11. The quantitative estimate of drug-likeness (QED) is 0.702. The van der Waals surface area contributed by atoms with Crippen LogP contribution in [0.4, 0.5) is 0 Å². The van der Waals surface area contributed by atoms with Crippen LogP contribution in [0.2, 0.25) is 0 Å². The smallest absolute Gasteiger partial charge is 0.213 e. The van der Waals surface area contributed by atoms with Crippen LogP contribution >= 0.6 is 0 Å². The Morgan fingerprint density at radius 1 is 1.19 bits per heavy atom. The van der Waals surface area contributed by atoms with Gasteiger partial charge in [0.1, 0.15) is 0 Å². The van der Waals surface area contributed by atoms with E-state index in [0.717, 1.165) is 31.7 Å². The zero-order valence-electron chi connectivity index (χ0n) is 15.1. The van der Waals surface area contributed by atoms with Gasteiger partial charge in [0.2, 0.25) is 5.88 Å². The van der Waals surface area contributed by atoms with E-state index in [1.807, 2.05) is 44.4 Å². The molecule has 0 fully saturated rings. The first-order valence-corrected chi connectivity index (χ1v) is 8.90. The summed E-state index contributed by atoms with van der Waals surface area (Å²) >= 11 is 0. The first-order chi connectivity index (χ1) is 12.7. The Morgan fingerprint density at radius 2 is 2.12 bits per heavy atom. The van der Waals surface area contributed by atoms with Gasteiger partial charge >= 0.3 is 0 Å². The molecule has 6 nitrogen and oxygen atoms in total. The number of fused-ring (bicyclic) bond motifs is 1. The topological polar surface area (TPSA) is 64.3 Å². The average Bonchev–Trinajstić information content (AvgIpc) is 3.17. The molecule has 0 unspecified atom stereocenters. The second-order valence-corrected chi connectivity index (χ2v) is 6.77. The summed E-state index contributed by atoms with van der Waals surface area (Å²) in [5.41, 5.74) is 3.47. The van der Waals surface area contributed by atoms with Crippen molar-refractivity contribution in [1.82, 2.24) is 19.9 Å². The molecule has 0 atom stereocenters. The highest BCUT2D eigenvalue weighted by molar-refractivity contribution is 5.46. The molecule has 4 heterocycles. The maximum atomic E-state index is 5.60. The highest BCUT2D eigenvalue weighted by Gasteiger charge is 2.19. The second kappa shape index (κ2) is 7.25. The molecular formula is C20H22N4O2. The Balaban J connectivity index is 1.42. The number of hydrogen-bond acceptors (Lipinski definition) is 6. The van der Waals surface area contributed by atoms with Gasteiger partial charge in [-0.2, -0.15) is 0 Å². The Bertz CT molecular complexity index is 860. The number of rotatable bonds is 5. The summed E-state index contributed by atoms with van der Waals surface area (Å²) in [6, 6.07) is 7.75. The van der Waals surface area contributed by atoms with E-state index in [0.29, 0.717) is 17.5 Å². The Hall–Kier alpha value is -2.73. The van der Waals surface area contributed by atoms with Crippen LogP contribution in [0, 0.1) is 0 Å². The van der Waals surface area contributed by atoms with Crippen molar-refractivity contribution in [3.8, 4) is 17.5 Å². The van der Waals surface area contributed by atoms with Crippen LogP contribution in [0.3, 0.4) is 0 Å². The summed E-state index contributed by atoms with van der Waals surface area (Å²) in [7, 11) is 0. The van der Waals surface area contributed by atoms with E-state index in [9.17, 15) is 0 Å². The third-order valence-electron chi connectivity index (χ3n) is 4.31. The molecule has 0 saturated heterocycles. The van der Waals surface area contributed by atoms with Crippen molar-refractivity contribution in [2.45, 2.75) is 39.5 Å². The van der Waals surface area contributed by atoms with Crippen LogP contribution in [0.25, 0.3) is 11.6 Å². The number of pyridine rings is 1. The number of furan rings is 1. The lowest BCUT2D eigenvalue weighted by atomic mass is 10.1. The van der Waals surface area contributed by atoms with Gasteiger partial charge in [0.05, 0.1) is 18.1 Å². The predicted octanol–water partition coefficient (Wildman–Crippen LogP) is 3.48. The second-order valence-electron chi connectivity index (χ2n) is 6.77. The highest BCUT2D eigenvalue weighted by Crippen LogP contribution is 2.22. The number of ether oxygens (including phenoxy) is 1. The zero-order valence-corrected chi connectivity index (χ0v) is 15.1. The third kappa shape index (κ3) is 3.75. The molecule has 1 aliphatic heterocycles. The normalized spacial score (nSPS) is 14.4. The Kier molecular flexibility index (Phi) is 4.67. The third-order valence-corrected chi connectivity index (χ3v) is 4.31. The van der Waals surface area contributed by atoms with Crippen LogP contribution in [0.5, 0.6) is 5.88 Å². The highest BCUT2D eigenvalue weighted by atomic mass is 16.5. The van der Waals surface area contributed by atoms with Gasteiger partial charge in [-0.1, -0.05) is 6.07 Å². The van der Waals surface area contributed by atoms with E-state index in [1.54, 1.807) is 6.26 Å². The Morgan fingerprint density at radius 3 is 2.85 bits per heavy atom. The molecule has 26 heavy (non-hydrogen) atoms. The first-order valence-electron chi connectivity index (χ1n) is 8.90. The monoisotopic (exact) mass is 350 g/mol. The van der Waals surface area contributed by atoms with Crippen LogP contribution < -0.4 is 4.74 Å². The van der Waals surface area contributed by atoms with Crippen molar-refractivity contribution in [2.24, 2.45) is 0 Å². The zero-order chi connectivity index (χ0) is 17.9. The number of nitrogens with zero attached hydrogens (tertiary/aromatic N) is 4. The van der Waals surface area contributed by atoms with Crippen molar-refractivity contribution in [1.29, 1.82) is 0 Å². The van der Waals surface area contributed by atoms with E-state index in [-0.39, 0.29) is 6.10 Å². The standard InChI is InChI=1S/C20H22N4O2/c1-14(2)26-19-6-5-15(10-21-19)12-24-8-7-17-16(13-24)11-22-20(23-17)18-4-3-9-25-18/h3-6,9-11,14H,7-8,12-13H2,1-2H3. The van der Waals surface area contributed by atoms with Crippen molar-refractivity contribution >= 4 is 0 Å². The molecule has 0 spiro atoms. The fraction of sp³-hybridized carbons (Fsp3) is 0.350. The van der Waals surface area contributed by atoms with E-state index < -0.39 is 0 Å². The summed E-state index contributed by atoms with van der Waals surface area (Å²) < 4.78 is 11.0. The van der Waals surface area contributed by atoms with E-state index in [1.165, 1.54) is 11.1 Å². The van der Waals surface area contributed by atoms with Crippen LogP contribution in [0.1, 0.15) is 30.7 Å². The lowest BCUT2D eigenvalue weighted by molar-refractivity contribution is 0.230. The van der Waals surface area contributed by atoms with Crippen LogP contribution in [0.15, 0.2) is 47.3 Å². The Labute approximate surface area is 152 Å². The van der Waals surface area contributed by atoms with E-state index in [2.05, 4.69) is 25.9 Å². The minimum Gasteiger partial charge on any atom is -0.475 e. The molecule has 1 aliphatic rings. The molecule has 3 aromatic heterocycles. The molecule has 0 N–H and O–H groups in total. The molecule has 0 radical (unpaired) electrons. The molecule has 0 aromatic carbocycles. The van der Waals surface area contributed by atoms with Crippen molar-refractivity contribution in [3.05, 3.63) is 59.7 Å². The van der Waals surface area contributed by atoms with E-state index >= 15 is 0 Å². The van der Waals surface area contributed by atoms with Gasteiger partial charge in [-0.3, -0.25) is 4.90 Å². The predicted molar refractivity (Wildman–Crippen MR) is 97.6 cm³/mol. The minimum atomic E-state index is 0.137. The lowest BCUT2D eigenvalue weighted by Crippen LogP contribution is -2.31. The van der Waals surface area contributed by atoms with Gasteiger partial charge < -0.3 is 9.15 Å². The summed E-state index contributed by atoms with van der Waals surface area (Å²) in [5, 5.41) is 0. The lowest BCUT2D eigenvalue weighted by Gasteiger charge is -2.27. The van der Waals surface area contributed by atoms with E-state index in [4.69, 9.17) is 9.15 Å². The maximum Gasteiger partial charge on any atom is 0.213 e. The summed E-state index contributed by atoms with van der Waals surface area (Å²) in [4.78, 5) is 15.9. The molecule has 0 amide bonds. The molecule has 0 aliphatic carbocycles. The van der Waals surface area contributed by atoms with Gasteiger partial charge in [-0.15, -0.1) is 0 Å². The van der Waals surface area contributed by atoms with Crippen LogP contribution in [-0.4, -0.2) is 32.5 Å². The summed E-state index contributed by atoms with van der Waals surface area (Å²) in [6.07, 6.45) is 6.50. The summed E-state index contributed by atoms with van der Waals surface area (Å²) in [6.45, 7) is 6.67. The SMILES string of the molecule is CC(C)Oc1ccc(CN2CCc3nc(-c4ccco4)ncc3C2)cn1. The number of hydrogen-bond donors (Lipinski definition) is 0. The first kappa shape index (κ1) is 16.7. The average molecular weight is 350 g/mol. The van der Waals surface area contributed by atoms with Gasteiger partial charge in [-0.25, -0.2) is 15.0 Å². The molecule has 3 aromatic rings. The maximum absolute atomic E-state index is 5.60. The van der Waals surface area contributed by atoms with Crippen molar-refractivity contribution in [3.63, 3.8) is 0 Å². The molecule has 6 heteroatoms. The van der Waals surface area contributed by atoms with Gasteiger partial charge in [0, 0.05) is 50.1 Å². The molecular weight excluding hydrogens is 328 g/mol. The number of aromatic nitrogens is 3. The van der Waals surface area contributed by atoms with Gasteiger partial charge in [-0.05, 0) is 31.5 Å². The van der Waals surface area contributed by atoms with Crippen molar-refractivity contribution < 1.29 is 9.15 Å². The molecule has 0 saturated carbocycles. The molecule has 0 bridgehead atoms. The molecule has 134 valence electrons.